The maximum Gasteiger partial charge on any atom is 0.295 e. The fourth-order valence-corrected chi connectivity index (χ4v) is 3.50. The summed E-state index contributed by atoms with van der Waals surface area (Å²) in [5.41, 5.74) is 2.26. The Morgan fingerprint density at radius 3 is 2.25 bits per heavy atom. The van der Waals surface area contributed by atoms with Gasteiger partial charge in [0, 0.05) is 17.2 Å². The third kappa shape index (κ3) is 3.18. The highest BCUT2D eigenvalue weighted by Crippen LogP contribution is 2.39. The number of H-pyrrole nitrogens is 1. The first-order valence-corrected chi connectivity index (χ1v) is 9.00. The van der Waals surface area contributed by atoms with Gasteiger partial charge in [0.05, 0.1) is 18.2 Å². The lowest BCUT2D eigenvalue weighted by molar-refractivity contribution is -0.378. The van der Waals surface area contributed by atoms with Gasteiger partial charge in [0.15, 0.2) is 12.4 Å². The molecule has 28 heavy (non-hydrogen) atoms. The van der Waals surface area contributed by atoms with E-state index in [0.29, 0.717) is 5.56 Å². The molecule has 4 rings (SSSR count). The normalized spacial score (nSPS) is 18.4. The Hall–Kier alpha value is -3.73. The zero-order valence-corrected chi connectivity index (χ0v) is 15.1. The quantitative estimate of drug-likeness (QED) is 0.435. The van der Waals surface area contributed by atoms with Crippen LogP contribution in [-0.2, 0) is 16.1 Å². The molecule has 2 N–H and O–H groups in total. The third-order valence-electron chi connectivity index (χ3n) is 4.83. The van der Waals surface area contributed by atoms with Crippen LogP contribution in [0.15, 0.2) is 90.8 Å². The number of nitrogens with one attached hydrogen (secondary N) is 1. The number of amides is 1. The average molecular weight is 371 g/mol. The third-order valence-corrected chi connectivity index (χ3v) is 4.83. The number of aromatic nitrogens is 1. The Kier molecular flexibility index (Phi) is 4.72. The van der Waals surface area contributed by atoms with Crippen molar-refractivity contribution >= 4 is 17.4 Å². The minimum absolute atomic E-state index is 0.113. The fourth-order valence-electron chi connectivity index (χ4n) is 3.50. The maximum atomic E-state index is 12.9. The van der Waals surface area contributed by atoms with Crippen molar-refractivity contribution in [2.45, 2.75) is 12.6 Å². The van der Waals surface area contributed by atoms with Gasteiger partial charge in [-0.15, -0.1) is 0 Å². The largest absolute Gasteiger partial charge is 0.507 e. The lowest BCUT2D eigenvalue weighted by Gasteiger charge is -2.25. The number of aromatic amines is 1. The molecule has 1 aliphatic heterocycles. The molecular formula is C23H19N2O3+. The summed E-state index contributed by atoms with van der Waals surface area (Å²) < 4.78 is 0. The summed E-state index contributed by atoms with van der Waals surface area (Å²) >= 11 is 0. The second-order valence-corrected chi connectivity index (χ2v) is 6.62. The van der Waals surface area contributed by atoms with Crippen molar-refractivity contribution in [1.29, 1.82) is 0 Å². The second kappa shape index (κ2) is 7.48. The molecule has 0 spiro atoms. The molecule has 0 saturated carbocycles. The molecule has 1 unspecified atom stereocenters. The van der Waals surface area contributed by atoms with E-state index in [4.69, 9.17) is 0 Å². The van der Waals surface area contributed by atoms with Crippen molar-refractivity contribution in [2.75, 3.05) is 0 Å². The first-order chi connectivity index (χ1) is 13.7. The molecule has 3 aromatic rings. The van der Waals surface area contributed by atoms with E-state index in [1.165, 1.54) is 4.90 Å². The number of hydrogen-bond donors (Lipinski definition) is 1. The van der Waals surface area contributed by atoms with Crippen molar-refractivity contribution in [3.63, 3.8) is 0 Å². The number of benzene rings is 2. The number of carbonyl (C=O) groups excluding carboxylic acids is 2. The number of carbonyl (C=O) groups is 2. The molecule has 0 aliphatic carbocycles. The number of rotatable bonds is 4. The SMILES string of the molecule is O=C1C(=O)N(Cc2ccc[nH+]c2)C(c2ccccc2)C1=C(O)c1ccccc1. The van der Waals surface area contributed by atoms with Gasteiger partial charge in [-0.05, 0) is 11.6 Å². The molecule has 1 fully saturated rings. The zero-order chi connectivity index (χ0) is 19.5. The van der Waals surface area contributed by atoms with Crippen LogP contribution in [0.3, 0.4) is 0 Å². The summed E-state index contributed by atoms with van der Waals surface area (Å²) in [5.74, 6) is -1.44. The smallest absolute Gasteiger partial charge is 0.295 e. The number of pyridine rings is 1. The van der Waals surface area contributed by atoms with Gasteiger partial charge in [0.1, 0.15) is 5.76 Å². The van der Waals surface area contributed by atoms with Gasteiger partial charge in [-0.1, -0.05) is 60.7 Å². The first-order valence-electron chi connectivity index (χ1n) is 9.00. The van der Waals surface area contributed by atoms with E-state index < -0.39 is 17.7 Å². The molecule has 5 nitrogen and oxygen atoms in total. The lowest BCUT2D eigenvalue weighted by Crippen LogP contribution is -2.29. The molecule has 0 radical (unpaired) electrons. The first kappa shape index (κ1) is 17.7. The fraction of sp³-hybridized carbons (Fsp3) is 0.0870. The van der Waals surface area contributed by atoms with Gasteiger partial charge in [-0.25, -0.2) is 4.98 Å². The number of nitrogens with zero attached hydrogens (tertiary/aromatic N) is 1. The van der Waals surface area contributed by atoms with Gasteiger partial charge in [0.25, 0.3) is 11.7 Å². The molecule has 5 heteroatoms. The van der Waals surface area contributed by atoms with E-state index in [-0.39, 0.29) is 17.9 Å². The van der Waals surface area contributed by atoms with Crippen molar-refractivity contribution in [3.8, 4) is 0 Å². The maximum absolute atomic E-state index is 12.9. The minimum Gasteiger partial charge on any atom is -0.507 e. The van der Waals surface area contributed by atoms with Crippen molar-refractivity contribution < 1.29 is 19.7 Å². The lowest BCUT2D eigenvalue weighted by atomic mass is 9.95. The zero-order valence-electron chi connectivity index (χ0n) is 15.1. The Bertz CT molecular complexity index is 1030. The number of hydrogen-bond acceptors (Lipinski definition) is 3. The van der Waals surface area contributed by atoms with Crippen molar-refractivity contribution in [2.24, 2.45) is 0 Å². The van der Waals surface area contributed by atoms with Crippen LogP contribution in [-0.4, -0.2) is 21.7 Å². The molecule has 1 aromatic heterocycles. The molecular weight excluding hydrogens is 352 g/mol. The van der Waals surface area contributed by atoms with Gasteiger partial charge >= 0.3 is 0 Å². The summed E-state index contributed by atoms with van der Waals surface area (Å²) in [7, 11) is 0. The van der Waals surface area contributed by atoms with Gasteiger partial charge < -0.3 is 10.0 Å². The van der Waals surface area contributed by atoms with Gasteiger partial charge in [0.2, 0.25) is 0 Å². The molecule has 1 saturated heterocycles. The number of Topliss-reactive ketones (excluding diaryl/α,β-unsaturated/α-hetero) is 1. The van der Waals surface area contributed by atoms with Crippen LogP contribution < -0.4 is 4.98 Å². The number of aliphatic hydroxyl groups is 1. The number of aliphatic hydroxyl groups excluding tert-OH is 1. The van der Waals surface area contributed by atoms with E-state index in [9.17, 15) is 14.7 Å². The Morgan fingerprint density at radius 1 is 0.929 bits per heavy atom. The monoisotopic (exact) mass is 371 g/mol. The summed E-state index contributed by atoms with van der Waals surface area (Å²) in [4.78, 5) is 30.2. The highest BCUT2D eigenvalue weighted by Gasteiger charge is 2.46. The second-order valence-electron chi connectivity index (χ2n) is 6.62. The van der Waals surface area contributed by atoms with Crippen LogP contribution in [0.2, 0.25) is 0 Å². The van der Waals surface area contributed by atoms with E-state index in [1.807, 2.05) is 48.5 Å². The summed E-state index contributed by atoms with van der Waals surface area (Å²) in [6.07, 6.45) is 3.57. The molecule has 1 amide bonds. The highest BCUT2D eigenvalue weighted by atomic mass is 16.3. The van der Waals surface area contributed by atoms with E-state index >= 15 is 0 Å². The van der Waals surface area contributed by atoms with E-state index in [2.05, 4.69) is 4.98 Å². The summed E-state index contributed by atoms with van der Waals surface area (Å²) in [5, 5.41) is 10.9. The molecule has 0 bridgehead atoms. The van der Waals surface area contributed by atoms with Crippen LogP contribution in [0.25, 0.3) is 5.76 Å². The molecule has 2 heterocycles. The van der Waals surface area contributed by atoms with Crippen LogP contribution >= 0.6 is 0 Å². The van der Waals surface area contributed by atoms with Crippen molar-refractivity contribution in [3.05, 3.63) is 107 Å². The molecule has 2 aromatic carbocycles. The predicted octanol–water partition coefficient (Wildman–Crippen LogP) is 3.12. The van der Waals surface area contributed by atoms with E-state index in [1.54, 1.807) is 36.7 Å². The van der Waals surface area contributed by atoms with Gasteiger partial charge in [-0.3, -0.25) is 9.59 Å². The molecule has 1 aliphatic rings. The van der Waals surface area contributed by atoms with Crippen LogP contribution in [0.4, 0.5) is 0 Å². The standard InChI is InChI=1S/C23H18N2O3/c26-21(18-11-5-2-6-12-18)19-20(17-9-3-1-4-10-17)25(23(28)22(19)27)15-16-8-7-13-24-14-16/h1-14,20,26H,15H2/p+1. The number of ketones is 1. The van der Waals surface area contributed by atoms with Gasteiger partial charge in [-0.2, -0.15) is 0 Å². The van der Waals surface area contributed by atoms with Crippen LogP contribution in [0.5, 0.6) is 0 Å². The topological polar surface area (TPSA) is 71.8 Å². The summed E-state index contributed by atoms with van der Waals surface area (Å²) in [6.45, 7) is 0.257. The van der Waals surface area contributed by atoms with Crippen LogP contribution in [0.1, 0.15) is 22.7 Å². The predicted molar refractivity (Wildman–Crippen MR) is 104 cm³/mol. The van der Waals surface area contributed by atoms with E-state index in [0.717, 1.165) is 11.1 Å². The Balaban J connectivity index is 1.85. The van der Waals surface area contributed by atoms with Crippen LogP contribution in [0, 0.1) is 0 Å². The minimum atomic E-state index is -0.671. The Labute approximate surface area is 162 Å². The number of likely N-dealkylation sites (tertiary alicyclic amines) is 1. The Morgan fingerprint density at radius 2 is 1.61 bits per heavy atom. The average Bonchev–Trinajstić information content (AvgIpc) is 3.00. The molecule has 1 atom stereocenters. The molecule has 138 valence electrons. The highest BCUT2D eigenvalue weighted by molar-refractivity contribution is 6.46. The summed E-state index contributed by atoms with van der Waals surface area (Å²) in [6, 6.07) is 21.2. The van der Waals surface area contributed by atoms with Crippen molar-refractivity contribution in [1.82, 2.24) is 4.90 Å².